The molecule has 5 nitrogen and oxygen atoms in total. The van der Waals surface area contributed by atoms with Gasteiger partial charge in [0, 0.05) is 31.7 Å². The molecule has 1 saturated heterocycles. The van der Waals surface area contributed by atoms with E-state index in [4.69, 9.17) is 17.3 Å². The van der Waals surface area contributed by atoms with E-state index in [0.29, 0.717) is 17.9 Å². The van der Waals surface area contributed by atoms with E-state index in [2.05, 4.69) is 4.90 Å². The van der Waals surface area contributed by atoms with E-state index >= 15 is 0 Å². The molecule has 1 aromatic rings. The van der Waals surface area contributed by atoms with E-state index in [1.54, 1.807) is 12.1 Å². The molecule has 2 fully saturated rings. The van der Waals surface area contributed by atoms with Crippen LogP contribution in [0.5, 0.6) is 0 Å². The highest BCUT2D eigenvalue weighted by Crippen LogP contribution is 2.36. The summed E-state index contributed by atoms with van der Waals surface area (Å²) >= 11 is 5.85. The van der Waals surface area contributed by atoms with Crippen LogP contribution in [0.2, 0.25) is 5.02 Å². The van der Waals surface area contributed by atoms with Crippen LogP contribution in [0.1, 0.15) is 24.8 Å². The van der Waals surface area contributed by atoms with Crippen molar-refractivity contribution in [3.05, 3.63) is 38.9 Å². The smallest absolute Gasteiger partial charge is 0.288 e. The Hall–Kier alpha value is -1.17. The summed E-state index contributed by atoms with van der Waals surface area (Å²) in [5, 5.41) is 11.1. The lowest BCUT2D eigenvalue weighted by Gasteiger charge is -2.29. The Balaban J connectivity index is 1.70. The van der Waals surface area contributed by atoms with Gasteiger partial charge in [0.05, 0.1) is 4.92 Å². The largest absolute Gasteiger partial charge is 0.327 e. The molecule has 1 saturated carbocycles. The summed E-state index contributed by atoms with van der Waals surface area (Å²) in [6, 6.07) is 5.39. The minimum atomic E-state index is -0.425. The molecule has 1 aliphatic carbocycles. The lowest BCUT2D eigenvalue weighted by atomic mass is 9.78. The fourth-order valence-electron chi connectivity index (χ4n) is 3.79. The predicted molar refractivity (Wildman–Crippen MR) is 82.2 cm³/mol. The second kappa shape index (κ2) is 5.91. The van der Waals surface area contributed by atoms with Gasteiger partial charge in [-0.25, -0.2) is 0 Å². The predicted octanol–water partition coefficient (Wildman–Crippen LogP) is 2.81. The van der Waals surface area contributed by atoms with Crippen molar-refractivity contribution in [3.63, 3.8) is 0 Å². The molecule has 1 aliphatic heterocycles. The number of nitro benzene ring substituents is 1. The van der Waals surface area contributed by atoms with Gasteiger partial charge in [0.15, 0.2) is 0 Å². The van der Waals surface area contributed by atoms with Crippen LogP contribution >= 0.6 is 11.6 Å². The van der Waals surface area contributed by atoms with E-state index < -0.39 is 4.92 Å². The number of rotatable bonds is 3. The second-order valence-electron chi connectivity index (χ2n) is 6.26. The molecule has 0 amide bonds. The van der Waals surface area contributed by atoms with Crippen molar-refractivity contribution < 1.29 is 4.92 Å². The summed E-state index contributed by atoms with van der Waals surface area (Å²) in [7, 11) is 0. The third kappa shape index (κ3) is 3.05. The first-order valence-electron chi connectivity index (χ1n) is 7.45. The molecule has 2 aliphatic rings. The van der Waals surface area contributed by atoms with Gasteiger partial charge in [-0.1, -0.05) is 24.1 Å². The van der Waals surface area contributed by atoms with Gasteiger partial charge in [-0.15, -0.1) is 0 Å². The van der Waals surface area contributed by atoms with Crippen LogP contribution in [0.15, 0.2) is 18.2 Å². The molecule has 0 bridgehead atoms. The average molecular weight is 310 g/mol. The molecule has 1 heterocycles. The Morgan fingerprint density at radius 1 is 1.38 bits per heavy atom. The van der Waals surface area contributed by atoms with Crippen LogP contribution in [-0.4, -0.2) is 29.0 Å². The minimum Gasteiger partial charge on any atom is -0.327 e. The van der Waals surface area contributed by atoms with Gasteiger partial charge in [-0.2, -0.15) is 0 Å². The van der Waals surface area contributed by atoms with Crippen molar-refractivity contribution in [2.45, 2.75) is 31.8 Å². The normalized spacial score (nSPS) is 29.3. The standard InChI is InChI=1S/C15H20ClN3O2/c16-13-5-4-10(6-15(13)19(20)21)7-18-8-11-2-1-3-14(17)12(11)9-18/h4-6,11-12,14H,1-3,7-9,17H2. The molecule has 3 unspecified atom stereocenters. The Labute approximate surface area is 129 Å². The lowest BCUT2D eigenvalue weighted by molar-refractivity contribution is -0.384. The topological polar surface area (TPSA) is 72.4 Å². The minimum absolute atomic E-state index is 0.0116. The van der Waals surface area contributed by atoms with Gasteiger partial charge in [0.25, 0.3) is 5.69 Å². The molecule has 0 aromatic heterocycles. The first-order chi connectivity index (χ1) is 10.0. The monoisotopic (exact) mass is 309 g/mol. The number of halogens is 1. The van der Waals surface area contributed by atoms with E-state index in [-0.39, 0.29) is 10.7 Å². The maximum atomic E-state index is 11.0. The van der Waals surface area contributed by atoms with Gasteiger partial charge in [0.2, 0.25) is 0 Å². The lowest BCUT2D eigenvalue weighted by Crippen LogP contribution is -2.38. The highest BCUT2D eigenvalue weighted by atomic mass is 35.5. The Bertz CT molecular complexity index is 552. The third-order valence-electron chi connectivity index (χ3n) is 4.84. The summed E-state index contributed by atoms with van der Waals surface area (Å²) in [6.45, 7) is 2.79. The molecule has 114 valence electrons. The van der Waals surface area contributed by atoms with E-state index in [9.17, 15) is 10.1 Å². The highest BCUT2D eigenvalue weighted by molar-refractivity contribution is 6.32. The Morgan fingerprint density at radius 2 is 2.19 bits per heavy atom. The van der Waals surface area contributed by atoms with Gasteiger partial charge < -0.3 is 5.73 Å². The second-order valence-corrected chi connectivity index (χ2v) is 6.66. The van der Waals surface area contributed by atoms with Gasteiger partial charge in [-0.3, -0.25) is 15.0 Å². The average Bonchev–Trinajstić information content (AvgIpc) is 2.85. The number of fused-ring (bicyclic) bond motifs is 1. The van der Waals surface area contributed by atoms with Crippen molar-refractivity contribution in [2.75, 3.05) is 13.1 Å². The fourth-order valence-corrected chi connectivity index (χ4v) is 3.98. The zero-order valence-electron chi connectivity index (χ0n) is 11.9. The number of benzene rings is 1. The Kier molecular flexibility index (Phi) is 4.15. The van der Waals surface area contributed by atoms with Crippen molar-refractivity contribution in [1.29, 1.82) is 0 Å². The SMILES string of the molecule is NC1CCCC2CN(Cc3ccc(Cl)c([N+](=O)[O-])c3)CC12. The van der Waals surface area contributed by atoms with E-state index in [0.717, 1.165) is 31.6 Å². The number of nitro groups is 1. The molecule has 0 radical (unpaired) electrons. The summed E-state index contributed by atoms with van der Waals surface area (Å²) in [5.74, 6) is 1.28. The van der Waals surface area contributed by atoms with Crippen LogP contribution in [0, 0.1) is 22.0 Å². The zero-order chi connectivity index (χ0) is 15.0. The van der Waals surface area contributed by atoms with Crippen molar-refractivity contribution in [3.8, 4) is 0 Å². The van der Waals surface area contributed by atoms with Crippen molar-refractivity contribution in [2.24, 2.45) is 17.6 Å². The van der Waals surface area contributed by atoms with E-state index in [1.807, 2.05) is 6.07 Å². The summed E-state index contributed by atoms with van der Waals surface area (Å²) in [5.41, 5.74) is 7.16. The zero-order valence-corrected chi connectivity index (χ0v) is 12.6. The van der Waals surface area contributed by atoms with Crippen LogP contribution < -0.4 is 5.73 Å². The first kappa shape index (κ1) is 14.8. The number of nitrogens with zero attached hydrogens (tertiary/aromatic N) is 2. The molecule has 2 N–H and O–H groups in total. The van der Waals surface area contributed by atoms with Gasteiger partial charge >= 0.3 is 0 Å². The molecule has 1 aromatic carbocycles. The summed E-state index contributed by atoms with van der Waals surface area (Å²) < 4.78 is 0. The maximum absolute atomic E-state index is 11.0. The summed E-state index contributed by atoms with van der Waals surface area (Å²) in [6.07, 6.45) is 3.61. The molecular formula is C15H20ClN3O2. The Morgan fingerprint density at radius 3 is 2.90 bits per heavy atom. The summed E-state index contributed by atoms with van der Waals surface area (Å²) in [4.78, 5) is 12.9. The first-order valence-corrected chi connectivity index (χ1v) is 7.83. The molecule has 3 rings (SSSR count). The number of hydrogen-bond donors (Lipinski definition) is 1. The van der Waals surface area contributed by atoms with Crippen molar-refractivity contribution in [1.82, 2.24) is 4.90 Å². The van der Waals surface area contributed by atoms with Gasteiger partial charge in [0.1, 0.15) is 5.02 Å². The van der Waals surface area contributed by atoms with Crippen LogP contribution in [-0.2, 0) is 6.54 Å². The quantitative estimate of drug-likeness (QED) is 0.688. The maximum Gasteiger partial charge on any atom is 0.288 e. The molecule has 21 heavy (non-hydrogen) atoms. The highest BCUT2D eigenvalue weighted by Gasteiger charge is 2.38. The van der Waals surface area contributed by atoms with Crippen LogP contribution in [0.4, 0.5) is 5.69 Å². The van der Waals surface area contributed by atoms with Gasteiger partial charge in [-0.05, 0) is 36.3 Å². The number of hydrogen-bond acceptors (Lipinski definition) is 4. The van der Waals surface area contributed by atoms with Crippen molar-refractivity contribution >= 4 is 17.3 Å². The van der Waals surface area contributed by atoms with E-state index in [1.165, 1.54) is 12.8 Å². The number of likely N-dealkylation sites (tertiary alicyclic amines) is 1. The van der Waals surface area contributed by atoms with Crippen LogP contribution in [0.3, 0.4) is 0 Å². The molecule has 3 atom stereocenters. The molecule has 0 spiro atoms. The van der Waals surface area contributed by atoms with Crippen LogP contribution in [0.25, 0.3) is 0 Å². The molecular weight excluding hydrogens is 290 g/mol. The fraction of sp³-hybridized carbons (Fsp3) is 0.600. The number of nitrogens with two attached hydrogens (primary N) is 1. The third-order valence-corrected chi connectivity index (χ3v) is 5.16. The molecule has 6 heteroatoms.